The van der Waals surface area contributed by atoms with Gasteiger partial charge in [-0.05, 0) is 25.0 Å². The molecule has 0 fully saturated rings. The second-order valence-corrected chi connectivity index (χ2v) is 7.94. The van der Waals surface area contributed by atoms with E-state index in [4.69, 9.17) is 0 Å². The van der Waals surface area contributed by atoms with Crippen molar-refractivity contribution in [3.8, 4) is 0 Å². The van der Waals surface area contributed by atoms with Gasteiger partial charge >= 0.3 is 29.6 Å². The summed E-state index contributed by atoms with van der Waals surface area (Å²) in [6, 6.07) is 4.75. The molecule has 1 aliphatic rings. The second kappa shape index (κ2) is 11.4. The number of hydrogen-bond donors (Lipinski definition) is 2. The molecule has 1 aromatic rings. The number of fused-ring (bicyclic) bond motifs is 1. The van der Waals surface area contributed by atoms with Gasteiger partial charge < -0.3 is 15.2 Å². The summed E-state index contributed by atoms with van der Waals surface area (Å²) in [5.74, 6) is 0. The Kier molecular flexibility index (Phi) is 10.4. The first kappa shape index (κ1) is 22.8. The zero-order valence-electron chi connectivity index (χ0n) is 15.5. The summed E-state index contributed by atoms with van der Waals surface area (Å²) >= 11 is 0. The molecule has 0 spiro atoms. The molecule has 1 unspecified atom stereocenters. The fraction of sp³-hybridized carbons (Fsp3) is 0.667. The maximum absolute atomic E-state index is 11.3. The van der Waals surface area contributed by atoms with Crippen LogP contribution in [0.5, 0.6) is 0 Å². The van der Waals surface area contributed by atoms with Gasteiger partial charge in [0.25, 0.3) is 0 Å². The Morgan fingerprint density at radius 3 is 2.16 bits per heavy atom. The van der Waals surface area contributed by atoms with E-state index in [0.717, 1.165) is 12.8 Å². The molecule has 0 saturated carbocycles. The maximum atomic E-state index is 11.3. The van der Waals surface area contributed by atoms with Gasteiger partial charge in [0, 0.05) is 0 Å². The van der Waals surface area contributed by atoms with Crippen molar-refractivity contribution in [1.29, 1.82) is 0 Å². The van der Waals surface area contributed by atoms with Crippen LogP contribution in [-0.2, 0) is 10.1 Å². The van der Waals surface area contributed by atoms with E-state index in [9.17, 15) is 13.0 Å². The second-order valence-electron chi connectivity index (χ2n) is 6.59. The van der Waals surface area contributed by atoms with E-state index in [2.05, 4.69) is 17.6 Å². The van der Waals surface area contributed by atoms with E-state index in [-0.39, 0.29) is 40.6 Å². The van der Waals surface area contributed by atoms with Crippen LogP contribution in [0.25, 0.3) is 0 Å². The summed E-state index contributed by atoms with van der Waals surface area (Å²) in [4.78, 5) is -0.165. The Labute approximate surface area is 174 Å². The Morgan fingerprint density at radius 2 is 1.56 bits per heavy atom. The largest absolute Gasteiger partial charge is 1.00 e. The van der Waals surface area contributed by atoms with Crippen molar-refractivity contribution < 1.29 is 42.5 Å². The monoisotopic (exact) mass is 376 g/mol. The molecule has 0 radical (unpaired) electrons. The normalized spacial score (nSPS) is 15.8. The van der Waals surface area contributed by atoms with E-state index in [0.29, 0.717) is 11.4 Å². The molecule has 1 heterocycles. The van der Waals surface area contributed by atoms with Gasteiger partial charge in [-0.1, -0.05) is 64.4 Å². The number of nitrogens with one attached hydrogen (secondary N) is 2. The molecule has 0 bridgehead atoms. The summed E-state index contributed by atoms with van der Waals surface area (Å²) in [5, 5.41) is 6.40. The average Bonchev–Trinajstić information content (AvgIpc) is 2.95. The van der Waals surface area contributed by atoms with Crippen LogP contribution >= 0.6 is 0 Å². The Bertz CT molecular complexity index is 623. The van der Waals surface area contributed by atoms with Crippen molar-refractivity contribution >= 4 is 21.5 Å². The van der Waals surface area contributed by atoms with Gasteiger partial charge in [-0.25, -0.2) is 8.42 Å². The SMILES string of the molecule is CCCCCCCCCCCC1Nc2cccc(S(=O)(=O)[O-])c2N1.[Na+]. The van der Waals surface area contributed by atoms with E-state index >= 15 is 0 Å². The molecule has 1 aromatic carbocycles. The summed E-state index contributed by atoms with van der Waals surface area (Å²) in [6.45, 7) is 2.23. The van der Waals surface area contributed by atoms with Crippen LogP contribution in [-0.4, -0.2) is 19.1 Å². The molecule has 5 nitrogen and oxygen atoms in total. The summed E-state index contributed by atoms with van der Waals surface area (Å²) < 4.78 is 33.9. The third kappa shape index (κ3) is 7.47. The topological polar surface area (TPSA) is 81.3 Å². The first-order valence-corrected chi connectivity index (χ1v) is 10.5. The molecule has 0 aromatic heterocycles. The van der Waals surface area contributed by atoms with Gasteiger partial charge in [0.05, 0.1) is 22.4 Å². The fourth-order valence-electron chi connectivity index (χ4n) is 3.21. The molecule has 25 heavy (non-hydrogen) atoms. The van der Waals surface area contributed by atoms with E-state index in [1.807, 2.05) is 0 Å². The third-order valence-corrected chi connectivity index (χ3v) is 5.42. The number of hydrogen-bond acceptors (Lipinski definition) is 5. The van der Waals surface area contributed by atoms with Crippen LogP contribution in [0.3, 0.4) is 0 Å². The molecule has 7 heteroatoms. The minimum atomic E-state index is -4.45. The van der Waals surface area contributed by atoms with Gasteiger partial charge in [0.15, 0.2) is 0 Å². The minimum Gasteiger partial charge on any atom is -0.744 e. The van der Waals surface area contributed by atoms with Crippen molar-refractivity contribution in [1.82, 2.24) is 0 Å². The van der Waals surface area contributed by atoms with Crippen LogP contribution in [0.1, 0.15) is 71.1 Å². The zero-order chi connectivity index (χ0) is 17.4. The van der Waals surface area contributed by atoms with Crippen LogP contribution in [0, 0.1) is 0 Å². The van der Waals surface area contributed by atoms with Gasteiger partial charge in [-0.15, -0.1) is 0 Å². The van der Waals surface area contributed by atoms with Crippen molar-refractivity contribution in [2.75, 3.05) is 10.6 Å². The van der Waals surface area contributed by atoms with Crippen LogP contribution in [0.4, 0.5) is 11.4 Å². The van der Waals surface area contributed by atoms with Gasteiger partial charge in [-0.3, -0.25) is 0 Å². The van der Waals surface area contributed by atoms with E-state index in [1.165, 1.54) is 57.4 Å². The van der Waals surface area contributed by atoms with Crippen LogP contribution < -0.4 is 40.2 Å². The molecule has 1 atom stereocenters. The van der Waals surface area contributed by atoms with Crippen molar-refractivity contribution in [2.45, 2.75) is 82.2 Å². The molecule has 0 saturated heterocycles. The van der Waals surface area contributed by atoms with Gasteiger partial charge in [-0.2, -0.15) is 0 Å². The molecule has 2 rings (SSSR count). The number of benzene rings is 1. The number of para-hydroxylation sites is 1. The smallest absolute Gasteiger partial charge is 0.744 e. The molecular weight excluding hydrogens is 347 g/mol. The molecule has 0 aliphatic carbocycles. The number of anilines is 2. The number of unbranched alkanes of at least 4 members (excludes halogenated alkanes) is 8. The standard InChI is InChI=1S/C18H30N2O3S.Na/c1-2-3-4-5-6-7-8-9-10-14-17-19-15-12-11-13-16(18(15)20-17)24(21,22)23;/h11-13,17,19-20H,2-10,14H2,1H3,(H,21,22,23);/q;+1/p-1. The first-order valence-electron chi connectivity index (χ1n) is 9.14. The van der Waals surface area contributed by atoms with Gasteiger partial charge in [0.2, 0.25) is 0 Å². The summed E-state index contributed by atoms with van der Waals surface area (Å²) in [6.07, 6.45) is 12.4. The van der Waals surface area contributed by atoms with E-state index < -0.39 is 10.1 Å². The van der Waals surface area contributed by atoms with Crippen molar-refractivity contribution in [3.05, 3.63) is 18.2 Å². The maximum Gasteiger partial charge on any atom is 1.00 e. The van der Waals surface area contributed by atoms with E-state index in [1.54, 1.807) is 12.1 Å². The molecule has 136 valence electrons. The van der Waals surface area contributed by atoms with Crippen molar-refractivity contribution in [3.63, 3.8) is 0 Å². The first-order chi connectivity index (χ1) is 11.5. The predicted molar refractivity (Wildman–Crippen MR) is 97.3 cm³/mol. The zero-order valence-corrected chi connectivity index (χ0v) is 18.3. The van der Waals surface area contributed by atoms with Crippen LogP contribution in [0.15, 0.2) is 23.1 Å². The van der Waals surface area contributed by atoms with Crippen LogP contribution in [0.2, 0.25) is 0 Å². The summed E-state index contributed by atoms with van der Waals surface area (Å²) in [5.41, 5.74) is 1.13. The Hall–Kier alpha value is -0.270. The Balaban J connectivity index is 0.00000312. The molecule has 2 N–H and O–H groups in total. The number of rotatable bonds is 11. The summed E-state index contributed by atoms with van der Waals surface area (Å²) in [7, 11) is -4.45. The fourth-order valence-corrected chi connectivity index (χ4v) is 3.87. The van der Waals surface area contributed by atoms with Gasteiger partial charge in [0.1, 0.15) is 10.1 Å². The predicted octanol–water partition coefficient (Wildman–Crippen LogP) is 1.68. The molecular formula is C18H29N2NaO3S. The van der Waals surface area contributed by atoms with Crippen molar-refractivity contribution in [2.24, 2.45) is 0 Å². The Morgan fingerprint density at radius 1 is 0.960 bits per heavy atom. The average molecular weight is 376 g/mol. The minimum absolute atomic E-state index is 0. The third-order valence-electron chi connectivity index (χ3n) is 4.54. The molecule has 1 aliphatic heterocycles. The molecule has 0 amide bonds. The quantitative estimate of drug-likeness (QED) is 0.349.